The molecule has 0 fully saturated rings. The Kier molecular flexibility index (Phi) is 4.08. The van der Waals surface area contributed by atoms with Crippen LogP contribution in [0, 0.1) is 11.8 Å². The molecule has 0 aliphatic carbocycles. The Morgan fingerprint density at radius 2 is 2.25 bits per heavy atom. The average Bonchev–Trinajstić information content (AvgIpc) is 2.59. The second-order valence-corrected chi connectivity index (χ2v) is 5.34. The SMILES string of the molecule is CCc1ncc(C#CC(=O)OC(C)(C)C)s1. The lowest BCUT2D eigenvalue weighted by molar-refractivity contribution is -0.147. The number of esters is 1. The summed E-state index contributed by atoms with van der Waals surface area (Å²) in [6, 6.07) is 0. The summed E-state index contributed by atoms with van der Waals surface area (Å²) >= 11 is 1.50. The van der Waals surface area contributed by atoms with Gasteiger partial charge in [-0.15, -0.1) is 11.3 Å². The first-order valence-corrected chi connectivity index (χ1v) is 5.92. The third kappa shape index (κ3) is 4.45. The second kappa shape index (κ2) is 5.13. The van der Waals surface area contributed by atoms with Gasteiger partial charge in [-0.1, -0.05) is 6.92 Å². The molecule has 0 saturated carbocycles. The Balaban J connectivity index is 2.64. The smallest absolute Gasteiger partial charge is 0.385 e. The highest BCUT2D eigenvalue weighted by Crippen LogP contribution is 2.11. The summed E-state index contributed by atoms with van der Waals surface area (Å²) in [5, 5.41) is 1.02. The lowest BCUT2D eigenvalue weighted by Gasteiger charge is -2.16. The zero-order valence-corrected chi connectivity index (χ0v) is 10.8. The minimum absolute atomic E-state index is 0.492. The lowest BCUT2D eigenvalue weighted by atomic mass is 10.2. The summed E-state index contributed by atoms with van der Waals surface area (Å²) in [5.41, 5.74) is -0.492. The zero-order chi connectivity index (χ0) is 12.2. The summed E-state index contributed by atoms with van der Waals surface area (Å²) in [6.45, 7) is 7.47. The number of hydrogen-bond acceptors (Lipinski definition) is 4. The lowest BCUT2D eigenvalue weighted by Crippen LogP contribution is -2.22. The Morgan fingerprint density at radius 3 is 2.75 bits per heavy atom. The highest BCUT2D eigenvalue weighted by Gasteiger charge is 2.14. The molecule has 0 amide bonds. The van der Waals surface area contributed by atoms with Crippen molar-refractivity contribution in [3.8, 4) is 11.8 Å². The van der Waals surface area contributed by atoms with E-state index in [2.05, 4.69) is 16.8 Å². The highest BCUT2D eigenvalue weighted by atomic mass is 32.1. The van der Waals surface area contributed by atoms with Gasteiger partial charge in [-0.3, -0.25) is 0 Å². The predicted octanol–water partition coefficient (Wildman–Crippen LogP) is 2.40. The molecule has 0 N–H and O–H groups in total. The van der Waals surface area contributed by atoms with Gasteiger partial charge in [0.25, 0.3) is 0 Å². The minimum Gasteiger partial charge on any atom is -0.450 e. The molecule has 4 heteroatoms. The highest BCUT2D eigenvalue weighted by molar-refractivity contribution is 7.12. The van der Waals surface area contributed by atoms with Gasteiger partial charge in [-0.2, -0.15) is 0 Å². The summed E-state index contributed by atoms with van der Waals surface area (Å²) in [6.07, 6.45) is 2.57. The molecule has 0 spiro atoms. The molecule has 86 valence electrons. The van der Waals surface area contributed by atoms with Crippen molar-refractivity contribution < 1.29 is 9.53 Å². The Morgan fingerprint density at radius 1 is 1.56 bits per heavy atom. The number of carbonyl (C=O) groups excluding carboxylic acids is 1. The third-order valence-corrected chi connectivity index (χ3v) is 2.60. The molecule has 1 heterocycles. The van der Waals surface area contributed by atoms with Crippen LogP contribution < -0.4 is 0 Å². The third-order valence-electron chi connectivity index (χ3n) is 1.54. The van der Waals surface area contributed by atoms with Crippen LogP contribution in [0.3, 0.4) is 0 Å². The number of rotatable bonds is 1. The van der Waals surface area contributed by atoms with Crippen molar-refractivity contribution in [3.63, 3.8) is 0 Å². The number of aryl methyl sites for hydroxylation is 1. The molecule has 0 saturated heterocycles. The fourth-order valence-electron chi connectivity index (χ4n) is 0.948. The molecule has 16 heavy (non-hydrogen) atoms. The van der Waals surface area contributed by atoms with E-state index >= 15 is 0 Å². The fourth-order valence-corrected chi connectivity index (χ4v) is 1.66. The van der Waals surface area contributed by atoms with E-state index in [1.165, 1.54) is 11.3 Å². The van der Waals surface area contributed by atoms with Crippen LogP contribution in [-0.2, 0) is 16.0 Å². The van der Waals surface area contributed by atoms with Crippen LogP contribution in [0.25, 0.3) is 0 Å². The van der Waals surface area contributed by atoms with Crippen LogP contribution in [0.2, 0.25) is 0 Å². The van der Waals surface area contributed by atoms with E-state index in [0.717, 1.165) is 16.3 Å². The molecule has 3 nitrogen and oxygen atoms in total. The maximum absolute atomic E-state index is 11.3. The van der Waals surface area contributed by atoms with Crippen molar-refractivity contribution in [2.75, 3.05) is 0 Å². The van der Waals surface area contributed by atoms with Crippen LogP contribution in [0.1, 0.15) is 37.6 Å². The van der Waals surface area contributed by atoms with E-state index in [9.17, 15) is 4.79 Å². The van der Waals surface area contributed by atoms with Crippen molar-refractivity contribution in [1.82, 2.24) is 4.98 Å². The van der Waals surface area contributed by atoms with Crippen LogP contribution in [0.15, 0.2) is 6.20 Å². The van der Waals surface area contributed by atoms with Crippen molar-refractivity contribution in [3.05, 3.63) is 16.1 Å². The van der Waals surface area contributed by atoms with E-state index in [1.54, 1.807) is 6.20 Å². The summed E-state index contributed by atoms with van der Waals surface area (Å²) in [5.74, 6) is 4.70. The molecule has 0 aromatic carbocycles. The second-order valence-electron chi connectivity index (χ2n) is 4.22. The minimum atomic E-state index is -0.501. The van der Waals surface area contributed by atoms with Crippen LogP contribution in [0.5, 0.6) is 0 Å². The molecule has 1 rings (SSSR count). The first-order valence-electron chi connectivity index (χ1n) is 5.10. The first kappa shape index (κ1) is 12.7. The standard InChI is InChI=1S/C12H15NO2S/c1-5-10-13-8-9(16-10)6-7-11(14)15-12(2,3)4/h8H,5H2,1-4H3. The van der Waals surface area contributed by atoms with Gasteiger partial charge in [-0.05, 0) is 33.1 Å². The Hall–Kier alpha value is -1.34. The zero-order valence-electron chi connectivity index (χ0n) is 9.96. The van der Waals surface area contributed by atoms with Crippen molar-refractivity contribution in [2.45, 2.75) is 39.7 Å². The summed E-state index contributed by atoms with van der Waals surface area (Å²) in [4.78, 5) is 16.2. The molecule has 0 bridgehead atoms. The quantitative estimate of drug-likeness (QED) is 0.556. The average molecular weight is 237 g/mol. The van der Waals surface area contributed by atoms with Gasteiger partial charge in [0.1, 0.15) is 5.60 Å². The fraction of sp³-hybridized carbons (Fsp3) is 0.500. The van der Waals surface area contributed by atoms with Gasteiger partial charge in [0.05, 0.1) is 16.1 Å². The monoisotopic (exact) mass is 237 g/mol. The van der Waals surface area contributed by atoms with Gasteiger partial charge in [0.2, 0.25) is 0 Å². The van der Waals surface area contributed by atoms with E-state index in [1.807, 2.05) is 27.7 Å². The number of hydrogen-bond donors (Lipinski definition) is 0. The normalized spacial score (nSPS) is 10.5. The maximum atomic E-state index is 11.3. The van der Waals surface area contributed by atoms with Crippen LogP contribution in [-0.4, -0.2) is 16.6 Å². The topological polar surface area (TPSA) is 39.2 Å². The predicted molar refractivity (Wildman–Crippen MR) is 64.2 cm³/mol. The van der Waals surface area contributed by atoms with E-state index in [-0.39, 0.29) is 0 Å². The van der Waals surface area contributed by atoms with Gasteiger partial charge in [-0.25, -0.2) is 9.78 Å². The Bertz CT molecular complexity index is 432. The van der Waals surface area contributed by atoms with Crippen LogP contribution >= 0.6 is 11.3 Å². The van der Waals surface area contributed by atoms with Crippen molar-refractivity contribution in [1.29, 1.82) is 0 Å². The van der Waals surface area contributed by atoms with E-state index in [0.29, 0.717) is 0 Å². The molecule has 0 radical (unpaired) electrons. The van der Waals surface area contributed by atoms with Gasteiger partial charge in [0, 0.05) is 5.92 Å². The number of thiazole rings is 1. The summed E-state index contributed by atoms with van der Waals surface area (Å²) in [7, 11) is 0. The number of aromatic nitrogens is 1. The van der Waals surface area contributed by atoms with Crippen molar-refractivity contribution in [2.24, 2.45) is 0 Å². The van der Waals surface area contributed by atoms with Crippen LogP contribution in [0.4, 0.5) is 0 Å². The largest absolute Gasteiger partial charge is 0.450 e. The number of carbonyl (C=O) groups is 1. The number of nitrogens with zero attached hydrogens (tertiary/aromatic N) is 1. The molecular weight excluding hydrogens is 222 g/mol. The molecular formula is C12H15NO2S. The van der Waals surface area contributed by atoms with Gasteiger partial charge >= 0.3 is 5.97 Å². The molecule has 0 unspecified atom stereocenters. The molecule has 1 aromatic heterocycles. The summed E-state index contributed by atoms with van der Waals surface area (Å²) < 4.78 is 5.06. The van der Waals surface area contributed by atoms with E-state index in [4.69, 9.17) is 4.74 Å². The maximum Gasteiger partial charge on any atom is 0.385 e. The molecule has 0 atom stereocenters. The van der Waals surface area contributed by atoms with E-state index < -0.39 is 11.6 Å². The Labute approximate surface area is 99.9 Å². The molecule has 1 aromatic rings. The van der Waals surface area contributed by atoms with Gasteiger partial charge < -0.3 is 4.74 Å². The van der Waals surface area contributed by atoms with Crippen molar-refractivity contribution >= 4 is 17.3 Å². The first-order chi connectivity index (χ1) is 7.40. The molecule has 0 aliphatic heterocycles. The van der Waals surface area contributed by atoms with Gasteiger partial charge in [0.15, 0.2) is 0 Å². The molecule has 0 aliphatic rings. The number of ether oxygens (including phenoxy) is 1.